The molecule has 0 radical (unpaired) electrons. The van der Waals surface area contributed by atoms with E-state index in [9.17, 15) is 4.79 Å². The molecule has 1 saturated carbocycles. The average molecular weight is 468 g/mol. The highest BCUT2D eigenvalue weighted by molar-refractivity contribution is 6.31. The van der Waals surface area contributed by atoms with Crippen molar-refractivity contribution in [3.05, 3.63) is 58.9 Å². The maximum atomic E-state index is 12.5. The van der Waals surface area contributed by atoms with E-state index in [0.717, 1.165) is 71.8 Å². The first-order valence-electron chi connectivity index (χ1n) is 12.2. The highest BCUT2D eigenvalue weighted by Crippen LogP contribution is 2.24. The normalized spacial score (nSPS) is 14.5. The minimum Gasteiger partial charge on any atom is -0.494 e. The van der Waals surface area contributed by atoms with Gasteiger partial charge in [-0.05, 0) is 68.5 Å². The van der Waals surface area contributed by atoms with E-state index in [1.54, 1.807) is 0 Å². The highest BCUT2D eigenvalue weighted by Gasteiger charge is 2.20. The van der Waals surface area contributed by atoms with Gasteiger partial charge in [-0.2, -0.15) is 0 Å². The number of ether oxygens (including phenoxy) is 1. The molecule has 0 saturated heterocycles. The van der Waals surface area contributed by atoms with Crippen LogP contribution in [0.2, 0.25) is 5.02 Å². The predicted octanol–water partition coefficient (Wildman–Crippen LogP) is 6.10. The number of aryl methyl sites for hydroxylation is 2. The SMILES string of the molecule is Cc1cc(OCCCCn2c(CCNC(=O)C3CCCCC3)nc3ccccc32)ccc1Cl. The van der Waals surface area contributed by atoms with E-state index in [2.05, 4.69) is 28.1 Å². The van der Waals surface area contributed by atoms with Crippen LogP contribution in [-0.4, -0.2) is 28.6 Å². The molecule has 1 aromatic heterocycles. The van der Waals surface area contributed by atoms with Gasteiger partial charge in [0.05, 0.1) is 17.6 Å². The molecule has 5 nitrogen and oxygen atoms in total. The number of amides is 1. The molecule has 0 aliphatic heterocycles. The van der Waals surface area contributed by atoms with Gasteiger partial charge in [0.25, 0.3) is 0 Å². The smallest absolute Gasteiger partial charge is 0.223 e. The van der Waals surface area contributed by atoms with Crippen LogP contribution in [0.5, 0.6) is 5.75 Å². The van der Waals surface area contributed by atoms with Crippen molar-refractivity contribution in [2.24, 2.45) is 5.92 Å². The number of halogens is 1. The molecule has 3 aromatic rings. The molecule has 2 aromatic carbocycles. The molecule has 0 bridgehead atoms. The molecule has 1 aliphatic carbocycles. The summed E-state index contributed by atoms with van der Waals surface area (Å²) in [6.45, 7) is 4.17. The maximum Gasteiger partial charge on any atom is 0.223 e. The molecule has 1 fully saturated rings. The number of aromatic nitrogens is 2. The Kier molecular flexibility index (Phi) is 8.27. The van der Waals surface area contributed by atoms with Crippen molar-refractivity contribution >= 4 is 28.5 Å². The molecule has 0 atom stereocenters. The van der Waals surface area contributed by atoms with Crippen molar-refractivity contribution < 1.29 is 9.53 Å². The van der Waals surface area contributed by atoms with Crippen LogP contribution in [0, 0.1) is 12.8 Å². The molecule has 176 valence electrons. The molecule has 1 N–H and O–H groups in total. The lowest BCUT2D eigenvalue weighted by atomic mass is 9.89. The monoisotopic (exact) mass is 467 g/mol. The van der Waals surface area contributed by atoms with Gasteiger partial charge >= 0.3 is 0 Å². The molecule has 0 unspecified atom stereocenters. The zero-order valence-electron chi connectivity index (χ0n) is 19.5. The minimum absolute atomic E-state index is 0.196. The van der Waals surface area contributed by atoms with E-state index >= 15 is 0 Å². The van der Waals surface area contributed by atoms with E-state index in [0.29, 0.717) is 13.2 Å². The van der Waals surface area contributed by atoms with Gasteiger partial charge in [-0.15, -0.1) is 0 Å². The Hall–Kier alpha value is -2.53. The van der Waals surface area contributed by atoms with Crippen LogP contribution in [0.3, 0.4) is 0 Å². The van der Waals surface area contributed by atoms with Gasteiger partial charge in [0, 0.05) is 30.5 Å². The number of fused-ring (bicyclic) bond motifs is 1. The first kappa shape index (κ1) is 23.6. The molecule has 1 aliphatic rings. The van der Waals surface area contributed by atoms with Crippen molar-refractivity contribution in [3.63, 3.8) is 0 Å². The Morgan fingerprint density at radius 1 is 1.15 bits per heavy atom. The van der Waals surface area contributed by atoms with E-state index in [1.165, 1.54) is 19.3 Å². The number of benzene rings is 2. The second-order valence-corrected chi connectivity index (χ2v) is 9.42. The zero-order chi connectivity index (χ0) is 23.0. The number of para-hydroxylation sites is 2. The molecule has 4 rings (SSSR count). The summed E-state index contributed by atoms with van der Waals surface area (Å²) in [5, 5.41) is 3.91. The molecular formula is C27H34ClN3O2. The molecule has 6 heteroatoms. The Bertz CT molecular complexity index is 1070. The molecule has 33 heavy (non-hydrogen) atoms. The predicted molar refractivity (Wildman–Crippen MR) is 134 cm³/mol. The van der Waals surface area contributed by atoms with Gasteiger partial charge in [0.15, 0.2) is 0 Å². The quantitative estimate of drug-likeness (QED) is 0.367. The molecular weight excluding hydrogens is 434 g/mol. The number of carbonyl (C=O) groups excluding carboxylic acids is 1. The van der Waals surface area contributed by atoms with Gasteiger partial charge in [-0.25, -0.2) is 4.98 Å². The van der Waals surface area contributed by atoms with Crippen molar-refractivity contribution in [2.45, 2.75) is 64.8 Å². The maximum absolute atomic E-state index is 12.5. The Morgan fingerprint density at radius 2 is 1.97 bits per heavy atom. The third-order valence-corrected chi connectivity index (χ3v) is 6.96. The summed E-state index contributed by atoms with van der Waals surface area (Å²) in [6.07, 6.45) is 8.36. The fourth-order valence-electron chi connectivity index (χ4n) is 4.64. The standard InChI is InChI=1S/C27H34ClN3O2/c1-20-19-22(13-14-23(20)28)33-18-8-7-17-31-25-12-6-5-11-24(25)30-26(31)15-16-29-27(32)21-9-3-2-4-10-21/h5-6,11-14,19,21H,2-4,7-10,15-18H2,1H3,(H,29,32). The van der Waals surface area contributed by atoms with Crippen molar-refractivity contribution in [1.29, 1.82) is 0 Å². The Labute approximate surface area is 201 Å². The van der Waals surface area contributed by atoms with Crippen LogP contribution in [0.15, 0.2) is 42.5 Å². The number of hydrogen-bond donors (Lipinski definition) is 1. The highest BCUT2D eigenvalue weighted by atomic mass is 35.5. The first-order valence-corrected chi connectivity index (χ1v) is 12.6. The number of nitrogens with zero attached hydrogens (tertiary/aromatic N) is 2. The number of unbranched alkanes of at least 4 members (excludes halogenated alkanes) is 1. The number of carbonyl (C=O) groups is 1. The second kappa shape index (κ2) is 11.6. The lowest BCUT2D eigenvalue weighted by Crippen LogP contribution is -2.33. The van der Waals surface area contributed by atoms with Crippen molar-refractivity contribution in [2.75, 3.05) is 13.2 Å². The summed E-state index contributed by atoms with van der Waals surface area (Å²) >= 11 is 6.09. The minimum atomic E-state index is 0.196. The van der Waals surface area contributed by atoms with Crippen molar-refractivity contribution in [3.8, 4) is 5.75 Å². The van der Waals surface area contributed by atoms with Crippen LogP contribution in [0.25, 0.3) is 11.0 Å². The second-order valence-electron chi connectivity index (χ2n) is 9.01. The third kappa shape index (κ3) is 6.29. The fraction of sp³-hybridized carbons (Fsp3) is 0.481. The summed E-state index contributed by atoms with van der Waals surface area (Å²) in [5.74, 6) is 2.31. The molecule has 1 heterocycles. The largest absolute Gasteiger partial charge is 0.494 e. The van der Waals surface area contributed by atoms with Crippen LogP contribution < -0.4 is 10.1 Å². The summed E-state index contributed by atoms with van der Waals surface area (Å²) in [6, 6.07) is 14.0. The summed E-state index contributed by atoms with van der Waals surface area (Å²) in [7, 11) is 0. The number of rotatable bonds is 10. The zero-order valence-corrected chi connectivity index (χ0v) is 20.2. The van der Waals surface area contributed by atoms with Crippen LogP contribution >= 0.6 is 11.6 Å². The number of hydrogen-bond acceptors (Lipinski definition) is 3. The average Bonchev–Trinajstić information content (AvgIpc) is 3.19. The topological polar surface area (TPSA) is 56.1 Å². The van der Waals surface area contributed by atoms with Crippen LogP contribution in [0.4, 0.5) is 0 Å². The van der Waals surface area contributed by atoms with Gasteiger partial charge in [0.2, 0.25) is 5.91 Å². The summed E-state index contributed by atoms with van der Waals surface area (Å²) in [4.78, 5) is 17.3. The molecule has 1 amide bonds. The van der Waals surface area contributed by atoms with Crippen LogP contribution in [0.1, 0.15) is 56.3 Å². The lowest BCUT2D eigenvalue weighted by Gasteiger charge is -2.20. The van der Waals surface area contributed by atoms with Gasteiger partial charge in [-0.1, -0.05) is 43.0 Å². The van der Waals surface area contributed by atoms with Gasteiger partial charge in [0.1, 0.15) is 11.6 Å². The Morgan fingerprint density at radius 3 is 2.79 bits per heavy atom. The Balaban J connectivity index is 1.30. The first-order chi connectivity index (χ1) is 16.1. The van der Waals surface area contributed by atoms with E-state index in [4.69, 9.17) is 21.3 Å². The summed E-state index contributed by atoms with van der Waals surface area (Å²) < 4.78 is 8.20. The lowest BCUT2D eigenvalue weighted by molar-refractivity contribution is -0.125. The van der Waals surface area contributed by atoms with Crippen LogP contribution in [-0.2, 0) is 17.8 Å². The van der Waals surface area contributed by atoms with E-state index < -0.39 is 0 Å². The van der Waals surface area contributed by atoms with Gasteiger partial charge in [-0.3, -0.25) is 4.79 Å². The van der Waals surface area contributed by atoms with E-state index in [-0.39, 0.29) is 11.8 Å². The summed E-state index contributed by atoms with van der Waals surface area (Å²) in [5.41, 5.74) is 3.19. The van der Waals surface area contributed by atoms with Gasteiger partial charge < -0.3 is 14.6 Å². The molecule has 0 spiro atoms. The third-order valence-electron chi connectivity index (χ3n) is 6.53. The van der Waals surface area contributed by atoms with Crippen molar-refractivity contribution in [1.82, 2.24) is 14.9 Å². The van der Waals surface area contributed by atoms with E-state index in [1.807, 2.05) is 31.2 Å². The number of nitrogens with one attached hydrogen (secondary N) is 1. The fourth-order valence-corrected chi connectivity index (χ4v) is 4.76. The number of imidazole rings is 1.